The van der Waals surface area contributed by atoms with Gasteiger partial charge in [0.1, 0.15) is 11.6 Å². The Kier molecular flexibility index (Phi) is 29.8. The molecule has 7 heterocycles. The number of pyridine rings is 3. The molecule has 0 aliphatic heterocycles. The average Bonchev–Trinajstić information content (AvgIpc) is 1.51. The molecule has 0 aliphatic carbocycles. The van der Waals surface area contributed by atoms with Crippen molar-refractivity contribution in [2.45, 2.75) is 33.9 Å². The first kappa shape index (κ1) is 97.1. The van der Waals surface area contributed by atoms with Gasteiger partial charge in [-0.25, -0.2) is 39.9 Å². The van der Waals surface area contributed by atoms with E-state index in [2.05, 4.69) is 311 Å². The molecule has 0 saturated carbocycles. The fourth-order valence-electron chi connectivity index (χ4n) is 19.0. The SMILES string of the molecule is CCn1c(-c2ccc(-c3ccc4ccc(-c5ccc(-c6nc7ccccc7n6CC)cc5)cc4c3)cc2)nc2ccccc21.Cc1cc(-c2ccccc2)cc(-c2[c-]cccc2)n1.[Ir+3].[c-]1ccccc1-c1ccccn1.[c-]1ccccc1-c1ccccn1.c1ccc(-c2nc(-c3ccccc3)nc(-c3ccc(-c4c(-c5cccc(-c6nc(-c7ccccc7)nc(-c7ccccc7)n6)c5)c5ccccc5c5ccccc45)cc3)n2)cc1. The minimum Gasteiger partial charge on any atom is -0.324 e. The van der Waals surface area contributed by atoms with Crippen molar-refractivity contribution < 1.29 is 20.1 Å². The first-order valence-corrected chi connectivity index (χ1v) is 50.0. The van der Waals surface area contributed by atoms with Crippen LogP contribution in [-0.2, 0) is 33.2 Å². The average molecular weight is 2110 g/mol. The summed E-state index contributed by atoms with van der Waals surface area (Å²) in [5.41, 5.74) is 30.9. The van der Waals surface area contributed by atoms with Crippen LogP contribution in [0, 0.1) is 25.1 Å². The van der Waals surface area contributed by atoms with Crippen molar-refractivity contribution in [1.29, 1.82) is 0 Å². The van der Waals surface area contributed by atoms with Gasteiger partial charge in [-0.2, -0.15) is 0 Å². The van der Waals surface area contributed by atoms with Crippen molar-refractivity contribution >= 4 is 54.4 Å². The third-order valence-electron chi connectivity index (χ3n) is 26.3. The predicted molar refractivity (Wildman–Crippen MR) is 611 cm³/mol. The first-order valence-electron chi connectivity index (χ1n) is 50.0. The van der Waals surface area contributed by atoms with E-state index in [4.69, 9.17) is 39.9 Å². The van der Waals surface area contributed by atoms with Crippen LogP contribution in [-0.4, -0.2) is 64.0 Å². The van der Waals surface area contributed by atoms with E-state index in [0.29, 0.717) is 34.9 Å². The standard InChI is InChI=1S/C56H36N6.C40H32N4.C18H14N.2C11H8N.Ir/c1-5-18-38(19-6-1)51-57-52(39-20-7-2-8-21-39)60-55(59-51)42-34-32-37(33-35-42)49-47-30-15-13-28-45(47)46-29-14-16-31-48(46)50(49)43-26-17-27-44(36-43)56-61-53(40-22-9-3-10-23-40)58-54(62-56)41-24-11-4-12-25-41;1-3-43-37-11-7-5-9-35(37)41-39(43)30-19-13-27(14-20-30)32-23-17-29-18-24-33(26-34(29)25-32)28-15-21-31(22-16-28)40-42-36-10-6-8-12-38(36)44(40)4-2;1-14-12-17(15-8-4-2-5-9-15)13-18(19-14)16-10-6-3-7-11-16;2*1-2-6-10(7-3-1)11-8-4-5-9-12-11;/h1-36H;5-26H,3-4H2,1-2H3;2-10,12-13H,1H3;2*1-6,8-9H;/q;;3*-1;+3. The van der Waals surface area contributed by atoms with E-state index in [1.54, 1.807) is 12.4 Å². The number of aromatic nitrogens is 13. The number of fused-ring (bicyclic) bond motifs is 6. The fraction of sp³-hybridized carbons (Fsp3) is 0.0368. The van der Waals surface area contributed by atoms with Crippen LogP contribution < -0.4 is 0 Å². The van der Waals surface area contributed by atoms with Gasteiger partial charge in [0, 0.05) is 75.7 Å². The Morgan fingerprint density at radius 1 is 0.207 bits per heavy atom. The smallest absolute Gasteiger partial charge is 0.324 e. The minimum atomic E-state index is 0. The van der Waals surface area contributed by atoms with E-state index in [1.165, 1.54) is 66.0 Å². The Balaban J connectivity index is 0.000000127. The summed E-state index contributed by atoms with van der Waals surface area (Å²) in [7, 11) is 0. The van der Waals surface area contributed by atoms with Gasteiger partial charge >= 0.3 is 20.1 Å². The van der Waals surface area contributed by atoms with Crippen LogP contribution in [0.25, 0.3) is 235 Å². The summed E-state index contributed by atoms with van der Waals surface area (Å²) in [6, 6.07) is 182. The Morgan fingerprint density at radius 2 is 0.520 bits per heavy atom. The molecule has 0 amide bonds. The maximum Gasteiger partial charge on any atom is 3.00 e. The Morgan fingerprint density at radius 3 is 0.920 bits per heavy atom. The van der Waals surface area contributed by atoms with Crippen LogP contribution in [0.4, 0.5) is 0 Å². The number of imidazole rings is 2. The number of benzene rings is 19. The molecular formula is C136H98IrN13. The zero-order chi connectivity index (χ0) is 100. The van der Waals surface area contributed by atoms with E-state index in [9.17, 15) is 0 Å². The Labute approximate surface area is 886 Å². The molecule has 13 nitrogen and oxygen atoms in total. The van der Waals surface area contributed by atoms with Gasteiger partial charge in [-0.15, -0.1) is 108 Å². The monoisotopic (exact) mass is 2110 g/mol. The number of rotatable bonds is 18. The molecule has 716 valence electrons. The van der Waals surface area contributed by atoms with Gasteiger partial charge in [0.15, 0.2) is 34.9 Å². The van der Waals surface area contributed by atoms with E-state index in [1.807, 2.05) is 256 Å². The normalized spacial score (nSPS) is 10.9. The summed E-state index contributed by atoms with van der Waals surface area (Å²) in [4.78, 5) is 52.9. The molecule has 0 atom stereocenters. The summed E-state index contributed by atoms with van der Waals surface area (Å²) >= 11 is 0. The number of hydrogen-bond donors (Lipinski definition) is 0. The summed E-state index contributed by atoms with van der Waals surface area (Å²) in [6.07, 6.45) is 3.58. The van der Waals surface area contributed by atoms with E-state index >= 15 is 0 Å². The predicted octanol–water partition coefficient (Wildman–Crippen LogP) is 33.6. The van der Waals surface area contributed by atoms with Crippen LogP contribution in [0.3, 0.4) is 0 Å². The molecule has 150 heavy (non-hydrogen) atoms. The number of hydrogen-bond acceptors (Lipinski definition) is 11. The van der Waals surface area contributed by atoms with Crippen LogP contribution >= 0.6 is 0 Å². The van der Waals surface area contributed by atoms with Gasteiger partial charge < -0.3 is 24.1 Å². The zero-order valence-corrected chi connectivity index (χ0v) is 85.0. The molecular weight excluding hydrogens is 2010 g/mol. The topological polar surface area (TPSA) is 152 Å². The molecule has 26 aromatic rings. The molecule has 0 unspecified atom stereocenters. The van der Waals surface area contributed by atoms with Crippen molar-refractivity contribution in [3.05, 3.63) is 540 Å². The fourth-order valence-corrected chi connectivity index (χ4v) is 19.0. The van der Waals surface area contributed by atoms with Crippen molar-refractivity contribution in [3.8, 4) is 181 Å². The molecule has 0 fully saturated rings. The number of para-hydroxylation sites is 4. The molecule has 14 heteroatoms. The Bertz CT molecular complexity index is 8610. The van der Waals surface area contributed by atoms with Gasteiger partial charge in [0.2, 0.25) is 0 Å². The molecule has 0 radical (unpaired) electrons. The van der Waals surface area contributed by atoms with Gasteiger partial charge in [-0.1, -0.05) is 370 Å². The maximum absolute atomic E-state index is 5.08. The maximum atomic E-state index is 5.08. The van der Waals surface area contributed by atoms with Gasteiger partial charge in [0.05, 0.1) is 22.1 Å². The number of aryl methyl sites for hydroxylation is 3. The molecule has 0 N–H and O–H groups in total. The molecule has 19 aromatic carbocycles. The largest absolute Gasteiger partial charge is 3.00 e. The third-order valence-corrected chi connectivity index (χ3v) is 26.3. The molecule has 0 saturated heterocycles. The number of nitrogens with zero attached hydrogens (tertiary/aromatic N) is 13. The van der Waals surface area contributed by atoms with E-state index < -0.39 is 0 Å². The third kappa shape index (κ3) is 21.9. The summed E-state index contributed by atoms with van der Waals surface area (Å²) in [5, 5.41) is 7.17. The second-order valence-electron chi connectivity index (χ2n) is 35.9. The molecule has 0 bridgehead atoms. The van der Waals surface area contributed by atoms with Crippen LogP contribution in [0.15, 0.2) is 516 Å². The quantitative estimate of drug-likeness (QED) is 0.0596. The molecule has 7 aromatic heterocycles. The van der Waals surface area contributed by atoms with Crippen molar-refractivity contribution in [2.24, 2.45) is 0 Å². The molecule has 26 rings (SSSR count). The van der Waals surface area contributed by atoms with Crippen LogP contribution in [0.2, 0.25) is 0 Å². The first-order chi connectivity index (χ1) is 73.7. The van der Waals surface area contributed by atoms with Crippen molar-refractivity contribution in [1.82, 2.24) is 64.0 Å². The molecule has 0 spiro atoms. The van der Waals surface area contributed by atoms with E-state index in [-0.39, 0.29) is 20.1 Å². The zero-order valence-electron chi connectivity index (χ0n) is 82.6. The second kappa shape index (κ2) is 46.0. The van der Waals surface area contributed by atoms with Gasteiger partial charge in [-0.3, -0.25) is 0 Å². The van der Waals surface area contributed by atoms with Gasteiger partial charge in [0.25, 0.3) is 0 Å². The van der Waals surface area contributed by atoms with E-state index in [0.717, 1.165) is 153 Å². The minimum absolute atomic E-state index is 0. The van der Waals surface area contributed by atoms with Crippen molar-refractivity contribution in [3.63, 3.8) is 0 Å². The summed E-state index contributed by atoms with van der Waals surface area (Å²) in [6.45, 7) is 8.14. The van der Waals surface area contributed by atoms with Crippen LogP contribution in [0.1, 0.15) is 19.5 Å². The van der Waals surface area contributed by atoms with Crippen LogP contribution in [0.5, 0.6) is 0 Å². The van der Waals surface area contributed by atoms with Crippen molar-refractivity contribution in [2.75, 3.05) is 0 Å². The Hall–Kier alpha value is -19.0. The second-order valence-corrected chi connectivity index (χ2v) is 35.9. The summed E-state index contributed by atoms with van der Waals surface area (Å²) < 4.78 is 4.57. The van der Waals surface area contributed by atoms with Gasteiger partial charge in [-0.05, 0) is 186 Å². The summed E-state index contributed by atoms with van der Waals surface area (Å²) in [5.74, 6) is 5.77. The molecule has 0 aliphatic rings.